The van der Waals surface area contributed by atoms with Crippen molar-refractivity contribution in [2.75, 3.05) is 19.8 Å². The van der Waals surface area contributed by atoms with Crippen LogP contribution in [0, 0.1) is 0 Å². The molecular formula is C5H10N2O2. The molecule has 0 saturated carbocycles. The van der Waals surface area contributed by atoms with Crippen LogP contribution in [0.1, 0.15) is 6.42 Å². The Morgan fingerprint density at radius 3 is 2.56 bits per heavy atom. The summed E-state index contributed by atoms with van der Waals surface area (Å²) in [5, 5.41) is 0. The van der Waals surface area contributed by atoms with Crippen LogP contribution in [0.15, 0.2) is 0 Å². The minimum atomic E-state index is 0.193. The maximum Gasteiger partial charge on any atom is 0.0901 e. The van der Waals surface area contributed by atoms with Crippen LogP contribution in [-0.4, -0.2) is 25.3 Å². The lowest BCUT2D eigenvalue weighted by Gasteiger charge is -2.44. The van der Waals surface area contributed by atoms with Crippen molar-refractivity contribution in [1.29, 1.82) is 0 Å². The molecule has 2 fully saturated rings. The molecule has 2 heterocycles. The highest BCUT2D eigenvalue weighted by Crippen LogP contribution is 2.19. The maximum atomic E-state index is 4.96. The van der Waals surface area contributed by atoms with Gasteiger partial charge in [-0.05, 0) is 6.42 Å². The Morgan fingerprint density at radius 2 is 2.22 bits per heavy atom. The number of hydrogen-bond donors (Lipinski definition) is 2. The zero-order valence-corrected chi connectivity index (χ0v) is 5.14. The van der Waals surface area contributed by atoms with E-state index in [1.807, 2.05) is 0 Å². The summed E-state index contributed by atoms with van der Waals surface area (Å²) in [5.41, 5.74) is 5.95. The zero-order valence-electron chi connectivity index (χ0n) is 5.14. The normalized spacial score (nSPS) is 42.7. The molecule has 52 valence electrons. The fourth-order valence-electron chi connectivity index (χ4n) is 1.08. The zero-order chi connectivity index (χ0) is 6.16. The predicted molar refractivity (Wildman–Crippen MR) is 30.4 cm³/mol. The van der Waals surface area contributed by atoms with Crippen molar-refractivity contribution < 1.29 is 9.68 Å². The van der Waals surface area contributed by atoms with E-state index in [1.165, 1.54) is 0 Å². The molecule has 1 atom stereocenters. The van der Waals surface area contributed by atoms with Crippen LogP contribution in [-0.2, 0) is 9.68 Å². The minimum absolute atomic E-state index is 0.193. The van der Waals surface area contributed by atoms with Gasteiger partial charge in [0.25, 0.3) is 0 Å². The third-order valence-corrected chi connectivity index (χ3v) is 1.83. The van der Waals surface area contributed by atoms with Crippen molar-refractivity contribution in [2.24, 2.45) is 0 Å². The van der Waals surface area contributed by atoms with Crippen LogP contribution in [0.25, 0.3) is 0 Å². The fourth-order valence-corrected chi connectivity index (χ4v) is 1.08. The molecule has 0 aliphatic carbocycles. The molecular weight excluding hydrogens is 120 g/mol. The second-order valence-corrected chi connectivity index (χ2v) is 2.59. The van der Waals surface area contributed by atoms with Gasteiger partial charge in [0.2, 0.25) is 0 Å². The Kier molecular flexibility index (Phi) is 1.19. The van der Waals surface area contributed by atoms with Crippen molar-refractivity contribution in [3.05, 3.63) is 0 Å². The van der Waals surface area contributed by atoms with Crippen LogP contribution in [0.5, 0.6) is 0 Å². The molecule has 0 bridgehead atoms. The number of hydrogen-bond acceptors (Lipinski definition) is 4. The highest BCUT2D eigenvalue weighted by atomic mass is 16.7. The van der Waals surface area contributed by atoms with Crippen molar-refractivity contribution in [3.8, 4) is 0 Å². The van der Waals surface area contributed by atoms with Gasteiger partial charge in [-0.3, -0.25) is 4.84 Å². The molecule has 2 N–H and O–H groups in total. The van der Waals surface area contributed by atoms with Gasteiger partial charge >= 0.3 is 0 Å². The van der Waals surface area contributed by atoms with Crippen LogP contribution in [0.2, 0.25) is 0 Å². The van der Waals surface area contributed by atoms with Crippen LogP contribution in [0.4, 0.5) is 0 Å². The molecule has 9 heavy (non-hydrogen) atoms. The SMILES string of the molecule is C1CC2(CNO1)CON2. The topological polar surface area (TPSA) is 42.5 Å². The summed E-state index contributed by atoms with van der Waals surface area (Å²) >= 11 is 0. The van der Waals surface area contributed by atoms with Gasteiger partial charge < -0.3 is 4.84 Å². The predicted octanol–water partition coefficient (Wildman–Crippen LogP) is -0.815. The third-order valence-electron chi connectivity index (χ3n) is 1.83. The summed E-state index contributed by atoms with van der Waals surface area (Å²) in [6.07, 6.45) is 1.04. The second kappa shape index (κ2) is 1.91. The molecule has 1 unspecified atom stereocenters. The van der Waals surface area contributed by atoms with E-state index in [4.69, 9.17) is 9.68 Å². The molecule has 2 aliphatic rings. The molecule has 2 rings (SSSR count). The van der Waals surface area contributed by atoms with E-state index < -0.39 is 0 Å². The second-order valence-electron chi connectivity index (χ2n) is 2.59. The Morgan fingerprint density at radius 1 is 1.33 bits per heavy atom. The maximum absolute atomic E-state index is 4.96. The molecule has 0 radical (unpaired) electrons. The minimum Gasteiger partial charge on any atom is -0.302 e. The van der Waals surface area contributed by atoms with Crippen molar-refractivity contribution in [3.63, 3.8) is 0 Å². The molecule has 0 aromatic carbocycles. The Hall–Kier alpha value is -0.160. The number of rotatable bonds is 0. The smallest absolute Gasteiger partial charge is 0.0901 e. The molecule has 0 aromatic heterocycles. The molecule has 0 aromatic rings. The molecule has 4 nitrogen and oxygen atoms in total. The van der Waals surface area contributed by atoms with E-state index in [0.29, 0.717) is 0 Å². The first-order valence-corrected chi connectivity index (χ1v) is 3.15. The number of hydroxylamine groups is 2. The average molecular weight is 130 g/mol. The van der Waals surface area contributed by atoms with Gasteiger partial charge in [0.1, 0.15) is 0 Å². The number of nitrogens with one attached hydrogen (secondary N) is 2. The van der Waals surface area contributed by atoms with Crippen molar-refractivity contribution in [2.45, 2.75) is 12.0 Å². The lowest BCUT2D eigenvalue weighted by molar-refractivity contribution is -0.196. The molecule has 2 aliphatic heterocycles. The van der Waals surface area contributed by atoms with Gasteiger partial charge in [-0.1, -0.05) is 0 Å². The van der Waals surface area contributed by atoms with Gasteiger partial charge in [0, 0.05) is 6.54 Å². The van der Waals surface area contributed by atoms with E-state index in [2.05, 4.69) is 11.0 Å². The summed E-state index contributed by atoms with van der Waals surface area (Å²) in [7, 11) is 0. The average Bonchev–Trinajstić information content (AvgIpc) is 1.87. The highest BCUT2D eigenvalue weighted by Gasteiger charge is 2.39. The first-order chi connectivity index (χ1) is 4.41. The van der Waals surface area contributed by atoms with Crippen molar-refractivity contribution >= 4 is 0 Å². The van der Waals surface area contributed by atoms with E-state index in [-0.39, 0.29) is 5.54 Å². The van der Waals surface area contributed by atoms with Crippen LogP contribution < -0.4 is 11.0 Å². The first-order valence-electron chi connectivity index (χ1n) is 3.15. The molecule has 0 amide bonds. The lowest BCUT2D eigenvalue weighted by atomic mass is 9.95. The quantitative estimate of drug-likeness (QED) is 0.450. The van der Waals surface area contributed by atoms with Crippen LogP contribution >= 0.6 is 0 Å². The van der Waals surface area contributed by atoms with Gasteiger partial charge in [-0.25, -0.2) is 5.48 Å². The summed E-state index contributed by atoms with van der Waals surface area (Å²) in [5.74, 6) is 0. The molecule has 4 heteroatoms. The summed E-state index contributed by atoms with van der Waals surface area (Å²) in [6, 6.07) is 0. The third kappa shape index (κ3) is 0.840. The fraction of sp³-hybridized carbons (Fsp3) is 1.00. The summed E-state index contributed by atoms with van der Waals surface area (Å²) in [6.45, 7) is 2.44. The molecule has 1 spiro atoms. The van der Waals surface area contributed by atoms with Gasteiger partial charge in [-0.15, -0.1) is 0 Å². The summed E-state index contributed by atoms with van der Waals surface area (Å²) < 4.78 is 0. The highest BCUT2D eigenvalue weighted by molar-refractivity contribution is 4.92. The van der Waals surface area contributed by atoms with E-state index >= 15 is 0 Å². The van der Waals surface area contributed by atoms with E-state index in [1.54, 1.807) is 0 Å². The van der Waals surface area contributed by atoms with Gasteiger partial charge in [0.05, 0.1) is 18.8 Å². The standard InChI is InChI=1S/C5H10N2O2/c1-2-8-6-3-5(1)4-9-7-5/h6-7H,1-4H2. The van der Waals surface area contributed by atoms with E-state index in [9.17, 15) is 0 Å². The monoisotopic (exact) mass is 130 g/mol. The van der Waals surface area contributed by atoms with Gasteiger partial charge in [0.15, 0.2) is 0 Å². The van der Waals surface area contributed by atoms with Crippen LogP contribution in [0.3, 0.4) is 0 Å². The van der Waals surface area contributed by atoms with Gasteiger partial charge in [-0.2, -0.15) is 5.48 Å². The first kappa shape index (κ1) is 5.61. The largest absolute Gasteiger partial charge is 0.302 e. The summed E-state index contributed by atoms with van der Waals surface area (Å²) in [4.78, 5) is 9.83. The Bertz CT molecular complexity index is 106. The van der Waals surface area contributed by atoms with Crippen molar-refractivity contribution in [1.82, 2.24) is 11.0 Å². The lowest BCUT2D eigenvalue weighted by Crippen LogP contribution is -2.67. The Balaban J connectivity index is 1.93. The van der Waals surface area contributed by atoms with E-state index in [0.717, 1.165) is 26.2 Å². The Labute approximate surface area is 53.4 Å². The molecule has 2 saturated heterocycles.